The molecule has 0 unspecified atom stereocenters. The van der Waals surface area contributed by atoms with Gasteiger partial charge in [0.2, 0.25) is 0 Å². The third-order valence-corrected chi connectivity index (χ3v) is 5.25. The molecule has 1 heterocycles. The number of likely N-dealkylation sites (N-methyl/N-ethyl adjacent to an activating group) is 1. The smallest absolute Gasteiger partial charge is 0.416 e. The predicted octanol–water partition coefficient (Wildman–Crippen LogP) is 5.88. The summed E-state index contributed by atoms with van der Waals surface area (Å²) in [4.78, 5) is 21.5. The minimum atomic E-state index is -4.79. The predicted molar refractivity (Wildman–Crippen MR) is 133 cm³/mol. The minimum absolute atomic E-state index is 0.0203. The van der Waals surface area contributed by atoms with Crippen LogP contribution < -0.4 is 10.1 Å². The zero-order chi connectivity index (χ0) is 29.4. The van der Waals surface area contributed by atoms with Crippen LogP contribution in [0.15, 0.2) is 48.7 Å². The first-order valence-corrected chi connectivity index (χ1v) is 11.6. The van der Waals surface area contributed by atoms with Gasteiger partial charge in [0.05, 0.1) is 16.8 Å². The maximum Gasteiger partial charge on any atom is 0.416 e. The summed E-state index contributed by atoms with van der Waals surface area (Å²) in [5.41, 5.74) is -1.90. The van der Waals surface area contributed by atoms with E-state index in [2.05, 4.69) is 15.3 Å². The van der Waals surface area contributed by atoms with Crippen LogP contribution in [0.3, 0.4) is 0 Å². The van der Waals surface area contributed by atoms with Crippen molar-refractivity contribution in [2.45, 2.75) is 18.9 Å². The van der Waals surface area contributed by atoms with E-state index >= 15 is 0 Å². The van der Waals surface area contributed by atoms with Gasteiger partial charge in [-0.25, -0.2) is 9.78 Å². The van der Waals surface area contributed by atoms with Crippen molar-refractivity contribution in [2.24, 2.45) is 0 Å². The summed E-state index contributed by atoms with van der Waals surface area (Å²) < 4.78 is 79.8. The molecule has 0 bridgehead atoms. The summed E-state index contributed by atoms with van der Waals surface area (Å²) in [6.45, 7) is 1.04. The number of halogens is 7. The number of ether oxygens (including phenoxy) is 1. The fourth-order valence-corrected chi connectivity index (χ4v) is 3.32. The Balaban J connectivity index is 0.000000283. The molecule has 0 fully saturated rings. The monoisotopic (exact) mass is 578 g/mol. The third-order valence-electron chi connectivity index (χ3n) is 4.92. The summed E-state index contributed by atoms with van der Waals surface area (Å²) in [7, 11) is 5.29. The Morgan fingerprint density at radius 1 is 1.05 bits per heavy atom. The van der Waals surface area contributed by atoms with Gasteiger partial charge < -0.3 is 20.1 Å². The largest absolute Gasteiger partial charge is 0.478 e. The van der Waals surface area contributed by atoms with Gasteiger partial charge in [0.25, 0.3) is 0 Å². The van der Waals surface area contributed by atoms with Crippen LogP contribution in [0.5, 0.6) is 6.01 Å². The lowest BCUT2D eigenvalue weighted by Crippen LogP contribution is -2.20. The van der Waals surface area contributed by atoms with Gasteiger partial charge in [0.1, 0.15) is 12.2 Å². The molecule has 0 radical (unpaired) electrons. The second-order valence-corrected chi connectivity index (χ2v) is 8.70. The van der Waals surface area contributed by atoms with Crippen LogP contribution in [0.2, 0.25) is 5.02 Å². The SMILES string of the molecule is CN(C)CCOc1ncc(C(=O)O)c(-c2ccccc2Cl)n1.CNCc1cc(C(F)(F)F)cc(C(F)(F)F)c1. The number of nitrogens with zero attached hydrogens (tertiary/aromatic N) is 3. The summed E-state index contributed by atoms with van der Waals surface area (Å²) in [5, 5.41) is 12.2. The molecule has 14 heteroatoms. The van der Waals surface area contributed by atoms with Crippen LogP contribution in [0.4, 0.5) is 26.3 Å². The number of carboxylic acids is 1. The van der Waals surface area contributed by atoms with E-state index in [0.717, 1.165) is 0 Å². The molecular formula is C25H25ClF6N4O3. The first-order chi connectivity index (χ1) is 18.1. The molecule has 0 spiro atoms. The molecule has 7 nitrogen and oxygen atoms in total. The Kier molecular flexibility index (Phi) is 11.1. The summed E-state index contributed by atoms with van der Waals surface area (Å²) >= 11 is 6.13. The summed E-state index contributed by atoms with van der Waals surface area (Å²) in [6.07, 6.45) is -8.34. The molecule has 3 aromatic rings. The number of alkyl halides is 6. The van der Waals surface area contributed by atoms with Gasteiger partial charge in [0, 0.05) is 29.9 Å². The van der Waals surface area contributed by atoms with Crippen LogP contribution in [0.1, 0.15) is 27.0 Å². The fourth-order valence-electron chi connectivity index (χ4n) is 3.10. The van der Waals surface area contributed by atoms with E-state index in [1.165, 1.54) is 13.2 Å². The molecule has 0 aliphatic heterocycles. The van der Waals surface area contributed by atoms with E-state index in [9.17, 15) is 36.2 Å². The highest BCUT2D eigenvalue weighted by Crippen LogP contribution is 2.36. The van der Waals surface area contributed by atoms with Gasteiger partial charge in [-0.05, 0) is 51.0 Å². The molecule has 39 heavy (non-hydrogen) atoms. The number of hydrogen-bond donors (Lipinski definition) is 2. The Morgan fingerprint density at radius 3 is 2.13 bits per heavy atom. The maximum atomic E-state index is 12.4. The van der Waals surface area contributed by atoms with Crippen molar-refractivity contribution < 1.29 is 41.0 Å². The van der Waals surface area contributed by atoms with Crippen LogP contribution in [-0.2, 0) is 18.9 Å². The van der Waals surface area contributed by atoms with Crippen molar-refractivity contribution in [1.82, 2.24) is 20.2 Å². The number of benzene rings is 2. The van der Waals surface area contributed by atoms with Gasteiger partial charge in [-0.3, -0.25) is 0 Å². The molecule has 0 aliphatic rings. The molecule has 2 N–H and O–H groups in total. The average molecular weight is 579 g/mol. The standard InChI is InChI=1S/C15H16ClN3O3.C10H9F6N/c1-19(2)7-8-22-15-17-9-11(14(20)21)13(18-15)10-5-3-4-6-12(10)16;1-17-5-6-2-7(9(11,12)13)4-8(3-6)10(14,15)16/h3-6,9H,7-8H2,1-2H3,(H,20,21);2-4,17H,5H2,1H3. The number of nitrogens with one attached hydrogen (secondary N) is 1. The minimum Gasteiger partial charge on any atom is -0.478 e. The molecule has 0 aliphatic carbocycles. The molecule has 212 valence electrons. The van der Waals surface area contributed by atoms with Gasteiger partial charge in [0.15, 0.2) is 0 Å². The third kappa shape index (κ3) is 9.68. The molecule has 0 saturated heterocycles. The molecule has 2 aromatic carbocycles. The van der Waals surface area contributed by atoms with E-state index in [1.807, 2.05) is 19.0 Å². The highest BCUT2D eigenvalue weighted by molar-refractivity contribution is 6.33. The number of hydrogen-bond acceptors (Lipinski definition) is 6. The van der Waals surface area contributed by atoms with E-state index in [1.54, 1.807) is 24.3 Å². The van der Waals surface area contributed by atoms with Crippen molar-refractivity contribution in [3.63, 3.8) is 0 Å². The van der Waals surface area contributed by atoms with Crippen molar-refractivity contribution in [1.29, 1.82) is 0 Å². The second-order valence-electron chi connectivity index (χ2n) is 8.30. The molecule has 1 aromatic heterocycles. The first kappa shape index (κ1) is 31.8. The van der Waals surface area contributed by atoms with Crippen LogP contribution >= 0.6 is 11.6 Å². The van der Waals surface area contributed by atoms with Gasteiger partial charge in [-0.1, -0.05) is 29.8 Å². The number of aromatic carboxylic acids is 1. The Hall–Kier alpha value is -3.42. The topological polar surface area (TPSA) is 87.6 Å². The van der Waals surface area contributed by atoms with Crippen LogP contribution in [0, 0.1) is 0 Å². The lowest BCUT2D eigenvalue weighted by Gasteiger charge is -2.13. The van der Waals surface area contributed by atoms with Crippen molar-refractivity contribution >= 4 is 17.6 Å². The molecule has 0 amide bonds. The van der Waals surface area contributed by atoms with Gasteiger partial charge >= 0.3 is 24.3 Å². The quantitative estimate of drug-likeness (QED) is 0.323. The zero-order valence-electron chi connectivity index (χ0n) is 21.0. The number of carbonyl (C=O) groups is 1. The van der Waals surface area contributed by atoms with Gasteiger partial charge in [-0.2, -0.15) is 31.3 Å². The Labute approximate surface area is 225 Å². The molecular weight excluding hydrogens is 554 g/mol. The lowest BCUT2D eigenvalue weighted by molar-refractivity contribution is -0.143. The van der Waals surface area contributed by atoms with E-state index in [4.69, 9.17) is 16.3 Å². The molecule has 0 atom stereocenters. The highest BCUT2D eigenvalue weighted by atomic mass is 35.5. The second kappa shape index (κ2) is 13.6. The fraction of sp³-hybridized carbons (Fsp3) is 0.320. The summed E-state index contributed by atoms with van der Waals surface area (Å²) in [5.74, 6) is -1.12. The number of aromatic nitrogens is 2. The molecule has 3 rings (SSSR count). The number of rotatable bonds is 8. The number of carboxylic acid groups (broad SMARTS) is 1. The lowest BCUT2D eigenvalue weighted by atomic mass is 10.0. The highest BCUT2D eigenvalue weighted by Gasteiger charge is 2.36. The van der Waals surface area contributed by atoms with E-state index in [0.29, 0.717) is 35.9 Å². The first-order valence-electron chi connectivity index (χ1n) is 11.2. The Morgan fingerprint density at radius 2 is 1.64 bits per heavy atom. The summed E-state index contributed by atoms with van der Waals surface area (Å²) in [6, 6.07) is 8.56. The van der Waals surface area contributed by atoms with Gasteiger partial charge in [-0.15, -0.1) is 0 Å². The van der Waals surface area contributed by atoms with Crippen LogP contribution in [0.25, 0.3) is 11.3 Å². The van der Waals surface area contributed by atoms with Crippen molar-refractivity contribution in [3.8, 4) is 17.3 Å². The normalized spacial score (nSPS) is 11.7. The van der Waals surface area contributed by atoms with Crippen molar-refractivity contribution in [2.75, 3.05) is 34.3 Å². The van der Waals surface area contributed by atoms with E-state index < -0.39 is 29.4 Å². The average Bonchev–Trinajstić information content (AvgIpc) is 2.83. The van der Waals surface area contributed by atoms with Crippen molar-refractivity contribution in [3.05, 3.63) is 75.9 Å². The molecule has 0 saturated carbocycles. The van der Waals surface area contributed by atoms with E-state index in [-0.39, 0.29) is 35.4 Å². The van der Waals surface area contributed by atoms with Crippen LogP contribution in [-0.4, -0.2) is 60.2 Å². The zero-order valence-corrected chi connectivity index (χ0v) is 21.7. The maximum absolute atomic E-state index is 12.4. The Bertz CT molecular complexity index is 1240.